The van der Waals surface area contributed by atoms with E-state index in [9.17, 15) is 4.79 Å². The second kappa shape index (κ2) is 5.69. The summed E-state index contributed by atoms with van der Waals surface area (Å²) < 4.78 is 11.1. The lowest BCUT2D eigenvalue weighted by Crippen LogP contribution is -2.48. The summed E-state index contributed by atoms with van der Waals surface area (Å²) in [5, 5.41) is 3.34. The second-order valence-corrected chi connectivity index (χ2v) is 5.16. The summed E-state index contributed by atoms with van der Waals surface area (Å²) in [4.78, 5) is 11.1. The molecule has 1 heterocycles. The molecule has 0 saturated carbocycles. The molecule has 19 heavy (non-hydrogen) atoms. The van der Waals surface area contributed by atoms with Crippen LogP contribution in [0.5, 0.6) is 0 Å². The van der Waals surface area contributed by atoms with E-state index >= 15 is 0 Å². The van der Waals surface area contributed by atoms with E-state index in [0.29, 0.717) is 25.3 Å². The van der Waals surface area contributed by atoms with E-state index in [0.717, 1.165) is 5.56 Å². The van der Waals surface area contributed by atoms with Gasteiger partial charge in [-0.2, -0.15) is 0 Å². The summed E-state index contributed by atoms with van der Waals surface area (Å²) in [7, 11) is 0. The van der Waals surface area contributed by atoms with Crippen LogP contribution in [-0.2, 0) is 16.0 Å². The number of primary amides is 1. The number of carbonyl (C=O) groups is 1. The predicted octanol–water partition coefficient (Wildman–Crippen LogP) is 1.03. The minimum Gasteiger partial charge on any atom is -0.366 e. The molecule has 1 aliphatic rings. The molecule has 5 heteroatoms. The molecule has 0 aliphatic carbocycles. The number of rotatable bonds is 4. The Morgan fingerprint density at radius 3 is 2.74 bits per heavy atom. The Bertz CT molecular complexity index is 450. The third kappa shape index (κ3) is 4.02. The minimum atomic E-state index is -0.496. The molecule has 0 atom stereocenters. The van der Waals surface area contributed by atoms with E-state index in [-0.39, 0.29) is 6.04 Å². The largest absolute Gasteiger partial charge is 0.366 e. The van der Waals surface area contributed by atoms with Crippen LogP contribution in [0.25, 0.3) is 0 Å². The molecule has 1 amide bonds. The summed E-state index contributed by atoms with van der Waals surface area (Å²) in [6.45, 7) is 5.68. The summed E-state index contributed by atoms with van der Waals surface area (Å²) in [6, 6.07) is 7.44. The molecule has 2 rings (SSSR count). The van der Waals surface area contributed by atoms with Gasteiger partial charge in [-0.1, -0.05) is 12.1 Å². The highest BCUT2D eigenvalue weighted by Gasteiger charge is 2.27. The number of hydrogen-bond acceptors (Lipinski definition) is 4. The van der Waals surface area contributed by atoms with Crippen molar-refractivity contribution >= 4 is 5.91 Å². The summed E-state index contributed by atoms with van der Waals surface area (Å²) in [6.07, 6.45) is 0. The molecule has 1 saturated heterocycles. The molecular formula is C14H20N2O3. The number of nitrogens with one attached hydrogen (secondary N) is 1. The lowest BCUT2D eigenvalue weighted by molar-refractivity contribution is -0.253. The van der Waals surface area contributed by atoms with Gasteiger partial charge in [-0.05, 0) is 31.5 Å². The first kappa shape index (κ1) is 14.0. The average Bonchev–Trinajstić information content (AvgIpc) is 2.38. The molecule has 3 N–H and O–H groups in total. The zero-order valence-electron chi connectivity index (χ0n) is 11.3. The van der Waals surface area contributed by atoms with Gasteiger partial charge >= 0.3 is 0 Å². The van der Waals surface area contributed by atoms with Crippen LogP contribution in [-0.4, -0.2) is 30.9 Å². The molecule has 1 aromatic carbocycles. The van der Waals surface area contributed by atoms with Gasteiger partial charge in [-0.15, -0.1) is 0 Å². The van der Waals surface area contributed by atoms with Crippen LogP contribution in [0.2, 0.25) is 0 Å². The fourth-order valence-electron chi connectivity index (χ4n) is 1.91. The second-order valence-electron chi connectivity index (χ2n) is 5.16. The standard InChI is InChI=1S/C14H20N2O3/c1-14(2)18-8-12(9-19-14)16-7-10-4-3-5-11(6-10)13(15)17/h3-6,12,16H,7-9H2,1-2H3,(H2,15,17). The van der Waals surface area contributed by atoms with Crippen LogP contribution < -0.4 is 11.1 Å². The van der Waals surface area contributed by atoms with Crippen LogP contribution in [0, 0.1) is 0 Å². The van der Waals surface area contributed by atoms with E-state index in [2.05, 4.69) is 5.32 Å². The summed E-state index contributed by atoms with van der Waals surface area (Å²) in [5.74, 6) is -0.905. The Kier molecular flexibility index (Phi) is 4.19. The maximum atomic E-state index is 11.1. The summed E-state index contributed by atoms with van der Waals surface area (Å²) >= 11 is 0. The molecule has 0 unspecified atom stereocenters. The van der Waals surface area contributed by atoms with Gasteiger partial charge in [0.25, 0.3) is 0 Å². The lowest BCUT2D eigenvalue weighted by atomic mass is 10.1. The maximum absolute atomic E-state index is 11.1. The number of carbonyl (C=O) groups excluding carboxylic acids is 1. The van der Waals surface area contributed by atoms with Gasteiger partial charge in [0.15, 0.2) is 5.79 Å². The maximum Gasteiger partial charge on any atom is 0.248 e. The van der Waals surface area contributed by atoms with Gasteiger partial charge in [-0.25, -0.2) is 0 Å². The van der Waals surface area contributed by atoms with Gasteiger partial charge in [0.2, 0.25) is 5.91 Å². The van der Waals surface area contributed by atoms with E-state index in [1.165, 1.54) is 0 Å². The third-order valence-electron chi connectivity index (χ3n) is 3.07. The molecule has 1 fully saturated rings. The minimum absolute atomic E-state index is 0.158. The van der Waals surface area contributed by atoms with Crippen molar-refractivity contribution in [1.82, 2.24) is 5.32 Å². The Hall–Kier alpha value is -1.43. The van der Waals surface area contributed by atoms with Gasteiger partial charge in [0, 0.05) is 12.1 Å². The van der Waals surface area contributed by atoms with Crippen molar-refractivity contribution in [2.24, 2.45) is 5.73 Å². The number of nitrogens with two attached hydrogens (primary N) is 1. The number of ether oxygens (including phenoxy) is 2. The third-order valence-corrected chi connectivity index (χ3v) is 3.07. The van der Waals surface area contributed by atoms with Gasteiger partial charge in [0.05, 0.1) is 19.3 Å². The highest BCUT2D eigenvalue weighted by molar-refractivity contribution is 5.92. The Balaban J connectivity index is 1.86. The van der Waals surface area contributed by atoms with Gasteiger partial charge in [0.1, 0.15) is 0 Å². The van der Waals surface area contributed by atoms with Crippen molar-refractivity contribution < 1.29 is 14.3 Å². The summed E-state index contributed by atoms with van der Waals surface area (Å²) in [5.41, 5.74) is 6.79. The lowest BCUT2D eigenvalue weighted by Gasteiger charge is -2.35. The van der Waals surface area contributed by atoms with Crippen molar-refractivity contribution in [3.63, 3.8) is 0 Å². The molecular weight excluding hydrogens is 244 g/mol. The molecule has 1 aliphatic heterocycles. The Labute approximate surface area is 113 Å². The van der Waals surface area contributed by atoms with Gasteiger partial charge in [-0.3, -0.25) is 4.79 Å². The Morgan fingerprint density at radius 1 is 1.42 bits per heavy atom. The topological polar surface area (TPSA) is 73.6 Å². The van der Waals surface area contributed by atoms with E-state index in [1.54, 1.807) is 12.1 Å². The first-order chi connectivity index (χ1) is 8.96. The number of benzene rings is 1. The van der Waals surface area contributed by atoms with Crippen LogP contribution in [0.3, 0.4) is 0 Å². The van der Waals surface area contributed by atoms with Crippen LogP contribution in [0.1, 0.15) is 29.8 Å². The molecule has 0 radical (unpaired) electrons. The highest BCUT2D eigenvalue weighted by Crippen LogP contribution is 2.17. The van der Waals surface area contributed by atoms with Crippen LogP contribution >= 0.6 is 0 Å². The first-order valence-electron chi connectivity index (χ1n) is 6.36. The SMILES string of the molecule is CC1(C)OCC(NCc2cccc(C(N)=O)c2)CO1. The average molecular weight is 264 g/mol. The predicted molar refractivity (Wildman–Crippen MR) is 71.6 cm³/mol. The van der Waals surface area contributed by atoms with Crippen LogP contribution in [0.15, 0.2) is 24.3 Å². The zero-order valence-corrected chi connectivity index (χ0v) is 11.3. The van der Waals surface area contributed by atoms with Crippen molar-refractivity contribution in [2.45, 2.75) is 32.2 Å². The monoisotopic (exact) mass is 264 g/mol. The normalized spacial score (nSPS) is 19.3. The van der Waals surface area contributed by atoms with E-state index < -0.39 is 11.7 Å². The van der Waals surface area contributed by atoms with E-state index in [4.69, 9.17) is 15.2 Å². The molecule has 0 spiro atoms. The Morgan fingerprint density at radius 2 is 2.11 bits per heavy atom. The van der Waals surface area contributed by atoms with Crippen LogP contribution in [0.4, 0.5) is 0 Å². The van der Waals surface area contributed by atoms with Gasteiger partial charge < -0.3 is 20.5 Å². The molecule has 1 aromatic rings. The van der Waals surface area contributed by atoms with E-state index in [1.807, 2.05) is 26.0 Å². The fraction of sp³-hybridized carbons (Fsp3) is 0.500. The number of hydrogen-bond donors (Lipinski definition) is 2. The smallest absolute Gasteiger partial charge is 0.248 e. The highest BCUT2D eigenvalue weighted by atomic mass is 16.7. The first-order valence-corrected chi connectivity index (χ1v) is 6.36. The van der Waals surface area contributed by atoms with Crippen molar-refractivity contribution in [1.29, 1.82) is 0 Å². The number of amides is 1. The van der Waals surface area contributed by atoms with Crippen molar-refractivity contribution in [2.75, 3.05) is 13.2 Å². The fourth-order valence-corrected chi connectivity index (χ4v) is 1.91. The molecule has 5 nitrogen and oxygen atoms in total. The zero-order chi connectivity index (χ0) is 13.9. The van der Waals surface area contributed by atoms with Crippen molar-refractivity contribution in [3.05, 3.63) is 35.4 Å². The molecule has 0 bridgehead atoms. The molecule has 0 aromatic heterocycles. The quantitative estimate of drug-likeness (QED) is 0.851. The molecule has 104 valence electrons. The van der Waals surface area contributed by atoms with Crippen molar-refractivity contribution in [3.8, 4) is 0 Å².